The Morgan fingerprint density at radius 3 is 2.48 bits per heavy atom. The van der Waals surface area contributed by atoms with Crippen LogP contribution in [0.1, 0.15) is 19.3 Å². The number of thioether (sulfide) groups is 1. The quantitative estimate of drug-likeness (QED) is 0.825. The first kappa shape index (κ1) is 17.9. The molecule has 1 amide bonds. The fraction of sp³-hybridized carbons (Fsp3) is 0.588. The van der Waals surface area contributed by atoms with Gasteiger partial charge < -0.3 is 20.1 Å². The lowest BCUT2D eigenvalue weighted by atomic mass is 10.1. The monoisotopic (exact) mass is 338 g/mol. The number of rotatable bonds is 7. The summed E-state index contributed by atoms with van der Waals surface area (Å²) in [5.74, 6) is 2.65. The van der Waals surface area contributed by atoms with E-state index < -0.39 is 0 Å². The summed E-state index contributed by atoms with van der Waals surface area (Å²) in [5, 5.41) is 0. The van der Waals surface area contributed by atoms with Crippen LogP contribution in [0, 0.1) is 0 Å². The SMILES string of the molecule is COc1ccc(OC2CCN(C(=O)[C@@H](N)CCSC)CC2)cc1. The van der Waals surface area contributed by atoms with E-state index in [9.17, 15) is 4.79 Å². The molecule has 1 saturated heterocycles. The third-order valence-electron chi connectivity index (χ3n) is 4.07. The van der Waals surface area contributed by atoms with Gasteiger partial charge in [0, 0.05) is 25.9 Å². The zero-order valence-electron chi connectivity index (χ0n) is 13.9. The maximum atomic E-state index is 12.3. The molecule has 0 spiro atoms. The molecule has 1 fully saturated rings. The van der Waals surface area contributed by atoms with Crippen LogP contribution in [0.15, 0.2) is 24.3 Å². The lowest BCUT2D eigenvalue weighted by Gasteiger charge is -2.33. The Morgan fingerprint density at radius 1 is 1.30 bits per heavy atom. The molecule has 0 bridgehead atoms. The first-order chi connectivity index (χ1) is 11.1. The van der Waals surface area contributed by atoms with E-state index in [2.05, 4.69) is 0 Å². The predicted molar refractivity (Wildman–Crippen MR) is 94.2 cm³/mol. The van der Waals surface area contributed by atoms with Crippen LogP contribution in [0.2, 0.25) is 0 Å². The maximum Gasteiger partial charge on any atom is 0.239 e. The predicted octanol–water partition coefficient (Wildman–Crippen LogP) is 2.15. The van der Waals surface area contributed by atoms with E-state index in [1.54, 1.807) is 18.9 Å². The van der Waals surface area contributed by atoms with Gasteiger partial charge in [0.05, 0.1) is 13.2 Å². The second-order valence-corrected chi connectivity index (χ2v) is 6.69. The number of methoxy groups -OCH3 is 1. The van der Waals surface area contributed by atoms with Crippen LogP contribution in [0.25, 0.3) is 0 Å². The Balaban J connectivity index is 1.77. The molecule has 0 saturated carbocycles. The van der Waals surface area contributed by atoms with Crippen LogP contribution >= 0.6 is 11.8 Å². The molecule has 128 valence electrons. The number of nitrogens with two attached hydrogens (primary N) is 1. The van der Waals surface area contributed by atoms with Gasteiger partial charge in [-0.05, 0) is 42.7 Å². The number of amides is 1. The molecule has 0 aromatic heterocycles. The van der Waals surface area contributed by atoms with Crippen LogP contribution < -0.4 is 15.2 Å². The van der Waals surface area contributed by atoms with Crippen molar-refractivity contribution in [2.24, 2.45) is 5.73 Å². The first-order valence-electron chi connectivity index (χ1n) is 7.98. The number of benzene rings is 1. The summed E-state index contributed by atoms with van der Waals surface area (Å²) in [7, 11) is 1.65. The highest BCUT2D eigenvalue weighted by Crippen LogP contribution is 2.22. The Kier molecular flexibility index (Phi) is 7.05. The zero-order chi connectivity index (χ0) is 16.7. The Morgan fingerprint density at radius 2 is 1.91 bits per heavy atom. The summed E-state index contributed by atoms with van der Waals surface area (Å²) in [6.07, 6.45) is 4.59. The molecule has 2 rings (SSSR count). The molecule has 1 atom stereocenters. The smallest absolute Gasteiger partial charge is 0.239 e. The number of likely N-dealkylation sites (tertiary alicyclic amines) is 1. The van der Waals surface area contributed by atoms with Gasteiger partial charge in [0.2, 0.25) is 5.91 Å². The van der Waals surface area contributed by atoms with Crippen molar-refractivity contribution in [1.82, 2.24) is 4.90 Å². The van der Waals surface area contributed by atoms with Crippen LogP contribution in [0.4, 0.5) is 0 Å². The second kappa shape index (κ2) is 9.03. The van der Waals surface area contributed by atoms with Crippen LogP contribution in [0.5, 0.6) is 11.5 Å². The molecule has 1 aliphatic heterocycles. The van der Waals surface area contributed by atoms with Gasteiger partial charge >= 0.3 is 0 Å². The number of ether oxygens (including phenoxy) is 2. The number of nitrogens with zero attached hydrogens (tertiary/aromatic N) is 1. The number of carbonyl (C=O) groups is 1. The fourth-order valence-corrected chi connectivity index (χ4v) is 3.13. The Hall–Kier alpha value is -1.40. The molecular formula is C17H26N2O3S. The van der Waals surface area contributed by atoms with E-state index in [1.807, 2.05) is 35.4 Å². The van der Waals surface area contributed by atoms with Crippen LogP contribution in [0.3, 0.4) is 0 Å². The normalized spacial score (nSPS) is 16.9. The minimum absolute atomic E-state index is 0.0712. The van der Waals surface area contributed by atoms with Crippen molar-refractivity contribution in [3.63, 3.8) is 0 Å². The topological polar surface area (TPSA) is 64.8 Å². The summed E-state index contributed by atoms with van der Waals surface area (Å²) in [4.78, 5) is 14.2. The lowest BCUT2D eigenvalue weighted by Crippen LogP contribution is -2.48. The van der Waals surface area contributed by atoms with Gasteiger partial charge in [0.15, 0.2) is 0 Å². The van der Waals surface area contributed by atoms with E-state index in [0.29, 0.717) is 13.1 Å². The molecule has 0 aliphatic carbocycles. The second-order valence-electron chi connectivity index (χ2n) is 5.71. The van der Waals surface area contributed by atoms with Crippen molar-refractivity contribution in [3.8, 4) is 11.5 Å². The minimum atomic E-state index is -0.374. The molecule has 1 aliphatic rings. The third-order valence-corrected chi connectivity index (χ3v) is 4.71. The molecular weight excluding hydrogens is 312 g/mol. The number of hydrogen-bond acceptors (Lipinski definition) is 5. The number of carbonyl (C=O) groups excluding carboxylic acids is 1. The molecule has 0 unspecified atom stereocenters. The largest absolute Gasteiger partial charge is 0.497 e. The highest BCUT2D eigenvalue weighted by Gasteiger charge is 2.26. The molecule has 6 heteroatoms. The van der Waals surface area contributed by atoms with Gasteiger partial charge in [-0.1, -0.05) is 0 Å². The fourth-order valence-electron chi connectivity index (χ4n) is 2.64. The third kappa shape index (κ3) is 5.32. The summed E-state index contributed by atoms with van der Waals surface area (Å²) in [6, 6.07) is 7.22. The van der Waals surface area contributed by atoms with E-state index in [0.717, 1.165) is 36.5 Å². The Labute approximate surface area is 142 Å². The van der Waals surface area contributed by atoms with Gasteiger partial charge in [-0.3, -0.25) is 4.79 Å². The summed E-state index contributed by atoms with van der Waals surface area (Å²) in [6.45, 7) is 1.43. The van der Waals surface area contributed by atoms with Crippen molar-refractivity contribution >= 4 is 17.7 Å². The van der Waals surface area contributed by atoms with E-state index in [4.69, 9.17) is 15.2 Å². The van der Waals surface area contributed by atoms with E-state index >= 15 is 0 Å². The van der Waals surface area contributed by atoms with Gasteiger partial charge in [-0.15, -0.1) is 0 Å². The summed E-state index contributed by atoms with van der Waals surface area (Å²) in [5.41, 5.74) is 5.97. The molecule has 23 heavy (non-hydrogen) atoms. The van der Waals surface area contributed by atoms with Crippen LogP contribution in [-0.2, 0) is 4.79 Å². The standard InChI is InChI=1S/C17H26N2O3S/c1-21-13-3-5-14(6-4-13)22-15-7-10-19(11-8-15)17(20)16(18)9-12-23-2/h3-6,15-16H,7-12,18H2,1-2H3/t16-/m0/s1. The Bertz CT molecular complexity index is 487. The minimum Gasteiger partial charge on any atom is -0.497 e. The van der Waals surface area contributed by atoms with Gasteiger partial charge in [0.1, 0.15) is 17.6 Å². The maximum absolute atomic E-state index is 12.3. The molecule has 5 nitrogen and oxygen atoms in total. The highest BCUT2D eigenvalue weighted by molar-refractivity contribution is 7.98. The highest BCUT2D eigenvalue weighted by atomic mass is 32.2. The van der Waals surface area contributed by atoms with Gasteiger partial charge in [-0.25, -0.2) is 0 Å². The van der Waals surface area contributed by atoms with Crippen molar-refractivity contribution in [2.45, 2.75) is 31.4 Å². The molecule has 2 N–H and O–H groups in total. The molecule has 1 heterocycles. The first-order valence-corrected chi connectivity index (χ1v) is 9.37. The van der Waals surface area contributed by atoms with E-state index in [1.165, 1.54) is 0 Å². The van der Waals surface area contributed by atoms with Crippen molar-refractivity contribution in [3.05, 3.63) is 24.3 Å². The van der Waals surface area contributed by atoms with Crippen molar-refractivity contribution in [2.75, 3.05) is 32.2 Å². The molecule has 0 radical (unpaired) electrons. The van der Waals surface area contributed by atoms with E-state index in [-0.39, 0.29) is 18.1 Å². The zero-order valence-corrected chi connectivity index (χ0v) is 14.7. The van der Waals surface area contributed by atoms with Gasteiger partial charge in [-0.2, -0.15) is 11.8 Å². The average Bonchev–Trinajstić information content (AvgIpc) is 2.60. The number of hydrogen-bond donors (Lipinski definition) is 1. The van der Waals surface area contributed by atoms with Crippen molar-refractivity contribution in [1.29, 1.82) is 0 Å². The summed E-state index contributed by atoms with van der Waals surface area (Å²) < 4.78 is 11.1. The van der Waals surface area contributed by atoms with Gasteiger partial charge in [0.25, 0.3) is 0 Å². The molecule has 1 aromatic carbocycles. The number of piperidine rings is 1. The van der Waals surface area contributed by atoms with Crippen LogP contribution in [-0.4, -0.2) is 55.2 Å². The molecule has 1 aromatic rings. The van der Waals surface area contributed by atoms with Crippen molar-refractivity contribution < 1.29 is 14.3 Å². The summed E-state index contributed by atoms with van der Waals surface area (Å²) >= 11 is 1.72. The lowest BCUT2D eigenvalue weighted by molar-refractivity contribution is -0.134. The average molecular weight is 338 g/mol.